The number of rotatable bonds is 2. The standard InChI is InChI=1S/C12H17N5O3/c1-6-7(4-5-20-6)13-11-14-8-9(15-11)16(2)12(19)17(3)10(8)18/h6-7H,4-5H2,1-3H3,(H2,13,14,15). The van der Waals surface area contributed by atoms with Gasteiger partial charge in [0, 0.05) is 20.7 Å². The van der Waals surface area contributed by atoms with Crippen LogP contribution in [0.2, 0.25) is 0 Å². The molecule has 2 unspecified atom stereocenters. The Morgan fingerprint density at radius 2 is 2.10 bits per heavy atom. The summed E-state index contributed by atoms with van der Waals surface area (Å²) in [5, 5.41) is 3.22. The average Bonchev–Trinajstić information content (AvgIpc) is 3.02. The van der Waals surface area contributed by atoms with Crippen LogP contribution < -0.4 is 16.6 Å². The quantitative estimate of drug-likeness (QED) is 0.776. The molecule has 20 heavy (non-hydrogen) atoms. The van der Waals surface area contributed by atoms with E-state index in [0.29, 0.717) is 23.7 Å². The van der Waals surface area contributed by atoms with Gasteiger partial charge in [0.25, 0.3) is 5.56 Å². The van der Waals surface area contributed by atoms with Crippen molar-refractivity contribution in [3.8, 4) is 0 Å². The van der Waals surface area contributed by atoms with Gasteiger partial charge in [0.05, 0.1) is 12.1 Å². The number of aryl methyl sites for hydroxylation is 1. The number of imidazole rings is 1. The summed E-state index contributed by atoms with van der Waals surface area (Å²) >= 11 is 0. The summed E-state index contributed by atoms with van der Waals surface area (Å²) in [6.07, 6.45) is 0.977. The van der Waals surface area contributed by atoms with E-state index in [4.69, 9.17) is 4.74 Å². The second-order valence-corrected chi connectivity index (χ2v) is 5.11. The molecular weight excluding hydrogens is 262 g/mol. The molecule has 0 saturated carbocycles. The fourth-order valence-corrected chi connectivity index (χ4v) is 2.49. The lowest BCUT2D eigenvalue weighted by atomic mass is 10.2. The number of fused-ring (bicyclic) bond motifs is 1. The summed E-state index contributed by atoms with van der Waals surface area (Å²) in [4.78, 5) is 31.1. The highest BCUT2D eigenvalue weighted by atomic mass is 16.5. The highest BCUT2D eigenvalue weighted by Gasteiger charge is 2.25. The van der Waals surface area contributed by atoms with Crippen LogP contribution >= 0.6 is 0 Å². The topological polar surface area (TPSA) is 93.9 Å². The van der Waals surface area contributed by atoms with Gasteiger partial charge in [-0.05, 0) is 13.3 Å². The first-order chi connectivity index (χ1) is 9.49. The summed E-state index contributed by atoms with van der Waals surface area (Å²) in [7, 11) is 3.04. The van der Waals surface area contributed by atoms with Crippen LogP contribution in [0, 0.1) is 0 Å². The van der Waals surface area contributed by atoms with Gasteiger partial charge in [-0.3, -0.25) is 13.9 Å². The van der Waals surface area contributed by atoms with Crippen molar-refractivity contribution < 1.29 is 4.74 Å². The Balaban J connectivity index is 2.07. The lowest BCUT2D eigenvalue weighted by molar-refractivity contribution is 0.121. The molecule has 1 fully saturated rings. The Labute approximate surface area is 114 Å². The van der Waals surface area contributed by atoms with Gasteiger partial charge >= 0.3 is 5.69 Å². The van der Waals surface area contributed by atoms with Gasteiger partial charge in [-0.15, -0.1) is 0 Å². The summed E-state index contributed by atoms with van der Waals surface area (Å²) in [5.41, 5.74) is -0.0895. The second-order valence-electron chi connectivity index (χ2n) is 5.11. The zero-order valence-electron chi connectivity index (χ0n) is 11.6. The van der Waals surface area contributed by atoms with E-state index in [1.54, 1.807) is 7.05 Å². The summed E-state index contributed by atoms with van der Waals surface area (Å²) in [6, 6.07) is 0.149. The number of ether oxygens (including phenoxy) is 1. The molecule has 0 aromatic carbocycles. The van der Waals surface area contributed by atoms with Crippen LogP contribution in [-0.2, 0) is 18.8 Å². The number of aromatic amines is 1. The van der Waals surface area contributed by atoms with E-state index in [9.17, 15) is 9.59 Å². The fraction of sp³-hybridized carbons (Fsp3) is 0.583. The number of nitrogens with one attached hydrogen (secondary N) is 2. The van der Waals surface area contributed by atoms with Crippen LogP contribution in [-0.4, -0.2) is 37.9 Å². The van der Waals surface area contributed by atoms with Crippen LogP contribution in [0.1, 0.15) is 13.3 Å². The van der Waals surface area contributed by atoms with Crippen molar-refractivity contribution >= 4 is 17.1 Å². The Morgan fingerprint density at radius 1 is 1.35 bits per heavy atom. The third-order valence-electron chi connectivity index (χ3n) is 3.79. The highest BCUT2D eigenvalue weighted by molar-refractivity contribution is 5.72. The molecule has 8 nitrogen and oxygen atoms in total. The lowest BCUT2D eigenvalue weighted by Crippen LogP contribution is -2.36. The first-order valence-electron chi connectivity index (χ1n) is 6.53. The van der Waals surface area contributed by atoms with Gasteiger partial charge < -0.3 is 15.0 Å². The Morgan fingerprint density at radius 3 is 2.75 bits per heavy atom. The minimum absolute atomic E-state index is 0.0925. The SMILES string of the molecule is CC1OCCC1Nc1nc2c([nH]1)c(=O)n(C)c(=O)n2C. The minimum atomic E-state index is -0.391. The molecule has 0 aliphatic carbocycles. The Kier molecular flexibility index (Phi) is 2.89. The van der Waals surface area contributed by atoms with Crippen molar-refractivity contribution in [3.05, 3.63) is 20.8 Å². The van der Waals surface area contributed by atoms with Gasteiger partial charge in [-0.2, -0.15) is 4.98 Å². The molecule has 2 N–H and O–H groups in total. The Bertz CT molecular complexity index is 772. The summed E-state index contributed by atoms with van der Waals surface area (Å²) < 4.78 is 7.89. The average molecular weight is 279 g/mol. The zero-order valence-corrected chi connectivity index (χ0v) is 11.6. The van der Waals surface area contributed by atoms with Crippen molar-refractivity contribution in [2.24, 2.45) is 14.1 Å². The number of aromatic nitrogens is 4. The monoisotopic (exact) mass is 279 g/mol. The molecule has 1 aliphatic rings. The number of anilines is 1. The van der Waals surface area contributed by atoms with Gasteiger partial charge in [-0.25, -0.2) is 4.79 Å². The predicted octanol–water partition coefficient (Wildman–Crippen LogP) is -0.450. The molecule has 1 aliphatic heterocycles. The molecule has 3 rings (SSSR count). The van der Waals surface area contributed by atoms with Gasteiger partial charge in [-0.1, -0.05) is 0 Å². The molecule has 8 heteroatoms. The maximum absolute atomic E-state index is 12.0. The zero-order chi connectivity index (χ0) is 14.4. The fourth-order valence-electron chi connectivity index (χ4n) is 2.49. The third kappa shape index (κ3) is 1.83. The molecule has 2 aromatic heterocycles. The van der Waals surface area contributed by atoms with E-state index in [2.05, 4.69) is 15.3 Å². The van der Waals surface area contributed by atoms with Crippen LogP contribution in [0.5, 0.6) is 0 Å². The van der Waals surface area contributed by atoms with Gasteiger partial charge in [0.1, 0.15) is 0 Å². The van der Waals surface area contributed by atoms with E-state index >= 15 is 0 Å². The third-order valence-corrected chi connectivity index (χ3v) is 3.79. The molecule has 1 saturated heterocycles. The maximum atomic E-state index is 12.0. The first kappa shape index (κ1) is 12.9. The van der Waals surface area contributed by atoms with Crippen molar-refractivity contribution in [3.63, 3.8) is 0 Å². The van der Waals surface area contributed by atoms with E-state index in [1.807, 2.05) is 6.92 Å². The molecule has 0 spiro atoms. The number of hydrogen-bond donors (Lipinski definition) is 2. The lowest BCUT2D eigenvalue weighted by Gasteiger charge is -2.14. The summed E-state index contributed by atoms with van der Waals surface area (Å²) in [5.74, 6) is 0.487. The first-order valence-corrected chi connectivity index (χ1v) is 6.53. The molecule has 0 amide bonds. The van der Waals surface area contributed by atoms with Gasteiger partial charge in [0.2, 0.25) is 5.95 Å². The van der Waals surface area contributed by atoms with E-state index in [-0.39, 0.29) is 17.7 Å². The van der Waals surface area contributed by atoms with Crippen LogP contribution in [0.3, 0.4) is 0 Å². The van der Waals surface area contributed by atoms with Crippen LogP contribution in [0.25, 0.3) is 11.2 Å². The second kappa shape index (κ2) is 4.48. The molecule has 2 atom stereocenters. The number of hydrogen-bond acceptors (Lipinski definition) is 5. The van der Waals surface area contributed by atoms with Gasteiger partial charge in [0.15, 0.2) is 11.2 Å². The van der Waals surface area contributed by atoms with Crippen molar-refractivity contribution in [1.82, 2.24) is 19.1 Å². The van der Waals surface area contributed by atoms with E-state index in [1.165, 1.54) is 11.6 Å². The predicted molar refractivity (Wildman–Crippen MR) is 74.0 cm³/mol. The molecular formula is C12H17N5O3. The van der Waals surface area contributed by atoms with E-state index in [0.717, 1.165) is 11.0 Å². The van der Waals surface area contributed by atoms with Crippen LogP contribution in [0.4, 0.5) is 5.95 Å². The molecule has 3 heterocycles. The minimum Gasteiger partial charge on any atom is -0.376 e. The number of H-pyrrole nitrogens is 1. The van der Waals surface area contributed by atoms with E-state index < -0.39 is 5.69 Å². The summed E-state index contributed by atoms with van der Waals surface area (Å²) in [6.45, 7) is 2.70. The largest absolute Gasteiger partial charge is 0.376 e. The van der Waals surface area contributed by atoms with Crippen LogP contribution in [0.15, 0.2) is 9.59 Å². The smallest absolute Gasteiger partial charge is 0.332 e. The normalized spacial score (nSPS) is 22.6. The molecule has 2 aromatic rings. The number of nitrogens with zero attached hydrogens (tertiary/aromatic N) is 3. The van der Waals surface area contributed by atoms with Crippen molar-refractivity contribution in [1.29, 1.82) is 0 Å². The molecule has 108 valence electrons. The van der Waals surface area contributed by atoms with Crippen molar-refractivity contribution in [2.75, 3.05) is 11.9 Å². The highest BCUT2D eigenvalue weighted by Crippen LogP contribution is 2.18. The van der Waals surface area contributed by atoms with Crippen molar-refractivity contribution in [2.45, 2.75) is 25.5 Å². The maximum Gasteiger partial charge on any atom is 0.332 e. The Hall–Kier alpha value is -2.09. The molecule has 0 radical (unpaired) electrons. The molecule has 0 bridgehead atoms.